The van der Waals surface area contributed by atoms with Crippen LogP contribution in [0.1, 0.15) is 42.1 Å². The van der Waals surface area contributed by atoms with Crippen LogP contribution in [0.3, 0.4) is 0 Å². The van der Waals surface area contributed by atoms with Crippen LogP contribution in [-0.2, 0) is 17.9 Å². The van der Waals surface area contributed by atoms with Gasteiger partial charge in [0.1, 0.15) is 23.0 Å². The number of nitriles is 1. The largest absolute Gasteiger partial charge is 0.477 e. The highest BCUT2D eigenvalue weighted by Gasteiger charge is 2.27. The number of aromatic carboxylic acids is 1. The molecule has 220 valence electrons. The van der Waals surface area contributed by atoms with Crippen molar-refractivity contribution >= 4 is 45.4 Å². The molecule has 10 heteroatoms. The number of aromatic nitrogens is 2. The Labute approximate surface area is 247 Å². The molecule has 3 heterocycles. The Hall–Kier alpha value is -4.91. The highest BCUT2D eigenvalue weighted by molar-refractivity contribution is 6.04. The molecule has 2 aromatic heterocycles. The number of anilines is 1. The van der Waals surface area contributed by atoms with Crippen LogP contribution in [0.4, 0.5) is 10.1 Å². The number of amides is 1. The number of benzene rings is 2. The number of carboxylic acids is 1. The minimum Gasteiger partial charge on any atom is -0.477 e. The number of pyridine rings is 1. The van der Waals surface area contributed by atoms with E-state index in [4.69, 9.17) is 0 Å². The van der Waals surface area contributed by atoms with Crippen LogP contribution in [0.15, 0.2) is 59.2 Å². The first-order valence-corrected chi connectivity index (χ1v) is 14.6. The second-order valence-corrected chi connectivity index (χ2v) is 11.3. The number of piperazine rings is 1. The zero-order valence-electron chi connectivity index (χ0n) is 23.9. The van der Waals surface area contributed by atoms with Crippen LogP contribution < -0.4 is 10.3 Å². The summed E-state index contributed by atoms with van der Waals surface area (Å²) in [4.78, 5) is 41.1. The second-order valence-electron chi connectivity index (χ2n) is 11.3. The van der Waals surface area contributed by atoms with Crippen molar-refractivity contribution in [1.29, 1.82) is 5.26 Å². The highest BCUT2D eigenvalue weighted by Crippen LogP contribution is 2.32. The number of aryl methyl sites for hydroxylation is 1. The zero-order valence-corrected chi connectivity index (χ0v) is 23.9. The van der Waals surface area contributed by atoms with Crippen LogP contribution in [0.25, 0.3) is 27.9 Å². The minimum atomic E-state index is -1.36. The Morgan fingerprint density at radius 1 is 1.05 bits per heavy atom. The van der Waals surface area contributed by atoms with Crippen LogP contribution in [0.2, 0.25) is 0 Å². The third-order valence-electron chi connectivity index (χ3n) is 8.78. The molecule has 2 aliphatic rings. The van der Waals surface area contributed by atoms with Crippen molar-refractivity contribution in [2.45, 2.75) is 39.3 Å². The number of carbonyl (C=O) groups is 2. The lowest BCUT2D eigenvalue weighted by Crippen LogP contribution is -2.49. The predicted molar refractivity (Wildman–Crippen MR) is 162 cm³/mol. The average molecular weight is 582 g/mol. The van der Waals surface area contributed by atoms with E-state index in [2.05, 4.69) is 16.7 Å². The van der Waals surface area contributed by atoms with Gasteiger partial charge in [-0.1, -0.05) is 24.6 Å². The molecule has 0 spiro atoms. The molecule has 1 aliphatic heterocycles. The number of fused-ring (bicyclic) bond motifs is 2. The summed E-state index contributed by atoms with van der Waals surface area (Å²) in [5.74, 6) is -1.70. The van der Waals surface area contributed by atoms with E-state index in [0.29, 0.717) is 31.1 Å². The number of carboxylic acid groups (broad SMARTS) is 1. The van der Waals surface area contributed by atoms with Gasteiger partial charge in [0.05, 0.1) is 11.2 Å². The molecule has 9 nitrogen and oxygen atoms in total. The maximum atomic E-state index is 15.3. The number of para-hydroxylation sites is 1. The van der Waals surface area contributed by atoms with Crippen molar-refractivity contribution in [3.8, 4) is 6.07 Å². The van der Waals surface area contributed by atoms with E-state index in [1.807, 2.05) is 31.3 Å². The fourth-order valence-corrected chi connectivity index (χ4v) is 6.17. The summed E-state index contributed by atoms with van der Waals surface area (Å²) in [6, 6.07) is 12.8. The van der Waals surface area contributed by atoms with Crippen molar-refractivity contribution < 1.29 is 19.1 Å². The van der Waals surface area contributed by atoms with Crippen molar-refractivity contribution in [2.75, 3.05) is 31.1 Å². The lowest BCUT2D eigenvalue weighted by molar-refractivity contribution is -0.126. The zero-order chi connectivity index (χ0) is 30.2. The molecule has 2 fully saturated rings. The van der Waals surface area contributed by atoms with Gasteiger partial charge in [0.2, 0.25) is 5.43 Å². The van der Waals surface area contributed by atoms with E-state index in [1.165, 1.54) is 25.5 Å². The number of hydrogen-bond acceptors (Lipinski definition) is 5. The third-order valence-corrected chi connectivity index (χ3v) is 8.78. The smallest absolute Gasteiger partial charge is 0.341 e. The quantitative estimate of drug-likeness (QED) is 0.246. The molecule has 6 rings (SSSR count). The molecule has 0 radical (unpaired) electrons. The standard InChI is InChI=1S/C33H32FN5O4/c1-2-36-20-26(33(42)43)31(40)25-15-27(34)30(16-29(25)36)37-10-12-38(13-11-37)32(41)22(17-35)14-23-19-39(18-21-6-5-7-21)28-9-4-3-8-24(23)28/h3-4,8-9,14-16,19-21H,2,5-7,10-13,18H2,1H3,(H,42,43)/b22-14+. The number of nitrogens with zero attached hydrogens (tertiary/aromatic N) is 5. The highest BCUT2D eigenvalue weighted by atomic mass is 19.1. The van der Waals surface area contributed by atoms with Crippen LogP contribution in [0, 0.1) is 23.1 Å². The first-order chi connectivity index (χ1) is 20.8. The molecule has 1 saturated heterocycles. The molecule has 1 saturated carbocycles. The van der Waals surface area contributed by atoms with Crippen molar-refractivity contribution in [2.24, 2.45) is 5.92 Å². The van der Waals surface area contributed by atoms with E-state index < -0.39 is 22.8 Å². The van der Waals surface area contributed by atoms with Gasteiger partial charge in [-0.2, -0.15) is 5.26 Å². The number of carbonyl (C=O) groups excluding carboxylic acids is 1. The molecular formula is C33H32FN5O4. The molecule has 0 atom stereocenters. The van der Waals surface area contributed by atoms with Crippen molar-refractivity contribution in [3.05, 3.63) is 81.5 Å². The van der Waals surface area contributed by atoms with Crippen LogP contribution in [0.5, 0.6) is 0 Å². The monoisotopic (exact) mass is 581 g/mol. The van der Waals surface area contributed by atoms with E-state index in [9.17, 15) is 24.8 Å². The summed E-state index contributed by atoms with van der Waals surface area (Å²) in [5, 5.41) is 20.4. The van der Waals surface area contributed by atoms with Gasteiger partial charge in [0.15, 0.2) is 0 Å². The van der Waals surface area contributed by atoms with E-state index in [-0.39, 0.29) is 35.6 Å². The summed E-state index contributed by atoms with van der Waals surface area (Å²) < 4.78 is 19.1. The lowest BCUT2D eigenvalue weighted by atomic mass is 9.85. The minimum absolute atomic E-state index is 0.00894. The first kappa shape index (κ1) is 28.2. The van der Waals surface area contributed by atoms with Gasteiger partial charge in [-0.25, -0.2) is 9.18 Å². The lowest BCUT2D eigenvalue weighted by Gasteiger charge is -2.36. The van der Waals surface area contributed by atoms with E-state index >= 15 is 4.39 Å². The number of rotatable bonds is 7. The second kappa shape index (κ2) is 11.4. The number of hydrogen-bond donors (Lipinski definition) is 1. The first-order valence-electron chi connectivity index (χ1n) is 14.6. The maximum absolute atomic E-state index is 15.3. The fourth-order valence-electron chi connectivity index (χ4n) is 6.17. The molecule has 2 aromatic carbocycles. The number of halogens is 1. The Morgan fingerprint density at radius 2 is 1.79 bits per heavy atom. The molecule has 0 bridgehead atoms. The third kappa shape index (κ3) is 5.16. The van der Waals surface area contributed by atoms with Gasteiger partial charge < -0.3 is 24.0 Å². The van der Waals surface area contributed by atoms with Crippen molar-refractivity contribution in [1.82, 2.24) is 14.0 Å². The molecule has 1 N–H and O–H groups in total. The van der Waals surface area contributed by atoms with Gasteiger partial charge >= 0.3 is 5.97 Å². The molecule has 43 heavy (non-hydrogen) atoms. The van der Waals surface area contributed by atoms with Gasteiger partial charge in [0.25, 0.3) is 5.91 Å². The Bertz CT molecular complexity index is 1890. The summed E-state index contributed by atoms with van der Waals surface area (Å²) in [7, 11) is 0. The van der Waals surface area contributed by atoms with Crippen LogP contribution in [-0.4, -0.2) is 57.2 Å². The summed E-state index contributed by atoms with van der Waals surface area (Å²) in [6.07, 6.45) is 8.69. The Kier molecular flexibility index (Phi) is 7.48. The Morgan fingerprint density at radius 3 is 2.44 bits per heavy atom. The van der Waals surface area contributed by atoms with Gasteiger partial charge in [-0.3, -0.25) is 9.59 Å². The molecular weight excluding hydrogens is 549 g/mol. The molecule has 1 amide bonds. The summed E-state index contributed by atoms with van der Waals surface area (Å²) in [6.45, 7) is 4.37. The van der Waals surface area contributed by atoms with E-state index in [0.717, 1.165) is 29.1 Å². The summed E-state index contributed by atoms with van der Waals surface area (Å²) in [5.41, 5.74) is 1.57. The fraction of sp³-hybridized carbons (Fsp3) is 0.333. The van der Waals surface area contributed by atoms with Crippen LogP contribution >= 0.6 is 0 Å². The topological polar surface area (TPSA) is 112 Å². The van der Waals surface area contributed by atoms with Gasteiger partial charge in [-0.05, 0) is 50.0 Å². The molecule has 0 unspecified atom stereocenters. The predicted octanol–water partition coefficient (Wildman–Crippen LogP) is 4.87. The molecule has 1 aliphatic carbocycles. The van der Waals surface area contributed by atoms with E-state index in [1.54, 1.807) is 26.5 Å². The van der Waals surface area contributed by atoms with Crippen molar-refractivity contribution in [3.63, 3.8) is 0 Å². The summed E-state index contributed by atoms with van der Waals surface area (Å²) >= 11 is 0. The average Bonchev–Trinajstić information content (AvgIpc) is 3.34. The molecule has 4 aromatic rings. The normalized spacial score (nSPS) is 16.0. The Balaban J connectivity index is 1.22. The SMILES string of the molecule is CCn1cc(C(=O)O)c(=O)c2cc(F)c(N3CCN(C(=O)/C(C#N)=C/c4cn(CC5CCC5)c5ccccc45)CC3)cc21. The maximum Gasteiger partial charge on any atom is 0.341 e. The van der Waals surface area contributed by atoms with Gasteiger partial charge in [0, 0.05) is 73.5 Å². The van der Waals surface area contributed by atoms with Gasteiger partial charge in [-0.15, -0.1) is 0 Å².